The van der Waals surface area contributed by atoms with Gasteiger partial charge in [0, 0.05) is 58.6 Å². The second-order valence-corrected chi connectivity index (χ2v) is 14.0. The highest BCUT2D eigenvalue weighted by atomic mass is 16.6. The van der Waals surface area contributed by atoms with Gasteiger partial charge in [-0.2, -0.15) is 0 Å². The van der Waals surface area contributed by atoms with Crippen molar-refractivity contribution in [1.29, 1.82) is 0 Å². The van der Waals surface area contributed by atoms with Crippen molar-refractivity contribution in [2.24, 2.45) is 34.0 Å². The Kier molecular flexibility index (Phi) is 6.85. The van der Waals surface area contributed by atoms with Gasteiger partial charge in [-0.05, 0) is 38.7 Å². The number of aliphatic hydroxyl groups excluding tert-OH is 2. The lowest BCUT2D eigenvalue weighted by Gasteiger charge is -2.65. The van der Waals surface area contributed by atoms with Crippen molar-refractivity contribution >= 4 is 17.9 Å². The molecule has 2 N–H and O–H groups in total. The van der Waals surface area contributed by atoms with Gasteiger partial charge >= 0.3 is 17.9 Å². The molecular weight excluding hydrogens is 544 g/mol. The van der Waals surface area contributed by atoms with Crippen LogP contribution in [0.2, 0.25) is 0 Å². The minimum atomic E-state index is -1.31. The van der Waals surface area contributed by atoms with Gasteiger partial charge in [-0.3, -0.25) is 4.79 Å². The first-order valence-electron chi connectivity index (χ1n) is 14.9. The number of hydrogen-bond acceptors (Lipinski definition) is 10. The van der Waals surface area contributed by atoms with E-state index < -0.39 is 64.8 Å². The number of cyclic esters (lactones) is 1. The lowest BCUT2D eigenvalue weighted by molar-refractivity contribution is -0.248. The molecule has 0 radical (unpaired) electrons. The van der Waals surface area contributed by atoms with Crippen molar-refractivity contribution in [2.45, 2.75) is 97.6 Å². The molecule has 42 heavy (non-hydrogen) atoms. The summed E-state index contributed by atoms with van der Waals surface area (Å²) in [7, 11) is 1.37. The number of methoxy groups -OCH3 is 1. The number of fused-ring (bicyclic) bond motifs is 4. The van der Waals surface area contributed by atoms with Gasteiger partial charge in [0.25, 0.3) is 0 Å². The van der Waals surface area contributed by atoms with Crippen LogP contribution in [-0.4, -0.2) is 78.6 Å². The van der Waals surface area contributed by atoms with E-state index in [4.69, 9.17) is 23.7 Å². The topological polar surface area (TPSA) is 138 Å². The van der Waals surface area contributed by atoms with Crippen LogP contribution in [0.4, 0.5) is 0 Å². The van der Waals surface area contributed by atoms with Crippen LogP contribution in [0.25, 0.3) is 0 Å². The summed E-state index contributed by atoms with van der Waals surface area (Å²) in [5, 5.41) is 22.0. The Labute approximate surface area is 246 Å². The van der Waals surface area contributed by atoms with Crippen molar-refractivity contribution in [1.82, 2.24) is 0 Å². The monoisotopic (exact) mass is 586 g/mol. The average molecular weight is 587 g/mol. The van der Waals surface area contributed by atoms with Crippen LogP contribution in [0.15, 0.2) is 34.4 Å². The molecule has 2 saturated heterocycles. The second-order valence-electron chi connectivity index (χ2n) is 14.0. The molecule has 6 aliphatic rings. The Hall–Kier alpha value is -2.53. The Morgan fingerprint density at radius 3 is 2.50 bits per heavy atom. The smallest absolute Gasteiger partial charge is 0.333 e. The number of carbonyl (C=O) groups is 3. The predicted octanol–water partition coefficient (Wildman–Crippen LogP) is 2.76. The third-order valence-electron chi connectivity index (χ3n) is 11.6. The fourth-order valence-electron chi connectivity index (χ4n) is 9.95. The lowest BCUT2D eigenvalue weighted by Crippen LogP contribution is -2.70. The maximum absolute atomic E-state index is 13.2. The van der Waals surface area contributed by atoms with Crippen molar-refractivity contribution in [2.75, 3.05) is 13.7 Å². The Balaban J connectivity index is 1.52. The van der Waals surface area contributed by atoms with E-state index in [9.17, 15) is 24.6 Å². The normalized spacial score (nSPS) is 46.8. The zero-order valence-corrected chi connectivity index (χ0v) is 25.3. The average Bonchev–Trinajstić information content (AvgIpc) is 3.61. The van der Waals surface area contributed by atoms with E-state index in [1.165, 1.54) is 19.3 Å². The number of rotatable bonds is 5. The van der Waals surface area contributed by atoms with Gasteiger partial charge in [-0.25, -0.2) is 9.59 Å². The van der Waals surface area contributed by atoms with Gasteiger partial charge < -0.3 is 33.9 Å². The van der Waals surface area contributed by atoms with Crippen molar-refractivity contribution in [3.63, 3.8) is 0 Å². The number of ether oxygens (including phenoxy) is 5. The van der Waals surface area contributed by atoms with Crippen molar-refractivity contribution in [3.8, 4) is 0 Å². The first-order valence-corrected chi connectivity index (χ1v) is 14.9. The standard InChI is InChI=1S/C32H42O10/c1-14(2)8-23(35)41-21-12-20(33)30(4)13-39-26-27(30)31(21,5)19(11-22(34)38-7)32(6)25-15(3)16(9-18(25)40-28(26)32)17-10-24(36)42-29(17)37/h8,10,16,18-21,26-29,33,37H,9,11-13H2,1-7H3/t16-,18-,19+,20-,21+,26-,27+,28-,29+,30-,31-,32+/m1/s1. The van der Waals surface area contributed by atoms with E-state index in [0.29, 0.717) is 18.6 Å². The highest BCUT2D eigenvalue weighted by Crippen LogP contribution is 2.73. The molecule has 10 heteroatoms. The zero-order chi connectivity index (χ0) is 30.5. The number of hydrogen-bond donors (Lipinski definition) is 2. The molecule has 0 aromatic carbocycles. The summed E-state index contributed by atoms with van der Waals surface area (Å²) in [5.74, 6) is -2.38. The number of allylic oxidation sites excluding steroid dienone is 2. The molecule has 10 nitrogen and oxygen atoms in total. The van der Waals surface area contributed by atoms with Gasteiger partial charge in [0.1, 0.15) is 6.10 Å². The quantitative estimate of drug-likeness (QED) is 0.214. The second kappa shape index (κ2) is 9.74. The molecule has 4 fully saturated rings. The van der Waals surface area contributed by atoms with Gasteiger partial charge in [0.2, 0.25) is 6.29 Å². The highest BCUT2D eigenvalue weighted by molar-refractivity contribution is 5.86. The molecule has 0 aromatic rings. The summed E-state index contributed by atoms with van der Waals surface area (Å²) >= 11 is 0. The maximum Gasteiger partial charge on any atom is 0.333 e. The first-order chi connectivity index (χ1) is 19.7. The van der Waals surface area contributed by atoms with Gasteiger partial charge in [0.05, 0.1) is 38.1 Å². The molecular formula is C32H42O10. The molecule has 3 heterocycles. The van der Waals surface area contributed by atoms with Gasteiger partial charge in [0.15, 0.2) is 0 Å². The van der Waals surface area contributed by atoms with Crippen molar-refractivity contribution in [3.05, 3.63) is 34.4 Å². The Bertz CT molecular complexity index is 1310. The minimum absolute atomic E-state index is 0.0521. The molecule has 0 spiro atoms. The summed E-state index contributed by atoms with van der Waals surface area (Å²) in [6.07, 6.45) is -0.376. The zero-order valence-electron chi connectivity index (χ0n) is 25.3. The summed E-state index contributed by atoms with van der Waals surface area (Å²) < 4.78 is 29.8. The molecule has 0 unspecified atom stereocenters. The van der Waals surface area contributed by atoms with E-state index in [1.807, 2.05) is 27.7 Å². The van der Waals surface area contributed by atoms with Gasteiger partial charge in [-0.15, -0.1) is 0 Å². The number of aliphatic hydroxyl groups is 2. The first kappa shape index (κ1) is 29.5. The summed E-state index contributed by atoms with van der Waals surface area (Å²) in [6, 6.07) is 0. The van der Waals surface area contributed by atoms with E-state index >= 15 is 0 Å². The van der Waals surface area contributed by atoms with Gasteiger partial charge in [-0.1, -0.05) is 31.9 Å². The third-order valence-corrected chi connectivity index (χ3v) is 11.6. The molecule has 0 bridgehead atoms. The van der Waals surface area contributed by atoms with E-state index in [2.05, 4.69) is 13.8 Å². The van der Waals surface area contributed by atoms with Crippen LogP contribution in [0, 0.1) is 34.0 Å². The predicted molar refractivity (Wildman–Crippen MR) is 147 cm³/mol. The molecule has 230 valence electrons. The molecule has 2 saturated carbocycles. The fraction of sp³-hybridized carbons (Fsp3) is 0.719. The van der Waals surface area contributed by atoms with Crippen LogP contribution in [-0.2, 0) is 38.1 Å². The van der Waals surface area contributed by atoms with Crippen LogP contribution in [0.1, 0.15) is 60.8 Å². The van der Waals surface area contributed by atoms with Crippen LogP contribution in [0.5, 0.6) is 0 Å². The largest absolute Gasteiger partial charge is 0.469 e. The minimum Gasteiger partial charge on any atom is -0.469 e. The molecule has 3 aliphatic heterocycles. The number of carbonyl (C=O) groups excluding carboxylic acids is 3. The molecule has 0 amide bonds. The highest BCUT2D eigenvalue weighted by Gasteiger charge is 2.78. The summed E-state index contributed by atoms with van der Waals surface area (Å²) in [4.78, 5) is 38.2. The number of esters is 3. The SMILES string of the molecule is COC(=O)C[C@@H]1[C@@]2(C)C3=C(C)[C@H](C4=CC(=O)O[C@@H]4O)C[C@H]3O[C@@H]2[C@@H]2OC[C@]3(C)[C@H](O)C[C@H](OC(=O)C=C(C)C)[C@]1(C)[C@@H]23. The van der Waals surface area contributed by atoms with Crippen LogP contribution < -0.4 is 0 Å². The summed E-state index contributed by atoms with van der Waals surface area (Å²) in [6.45, 7) is 12.2. The summed E-state index contributed by atoms with van der Waals surface area (Å²) in [5.41, 5.74) is 1.12. The molecule has 12 atom stereocenters. The third kappa shape index (κ3) is 3.87. The van der Waals surface area contributed by atoms with E-state index in [-0.39, 0.29) is 36.8 Å². The maximum atomic E-state index is 13.2. The molecule has 3 aliphatic carbocycles. The molecule has 0 aromatic heterocycles. The Morgan fingerprint density at radius 2 is 1.88 bits per heavy atom. The van der Waals surface area contributed by atoms with E-state index in [1.54, 1.807) is 0 Å². The van der Waals surface area contributed by atoms with Crippen LogP contribution >= 0.6 is 0 Å². The fourth-order valence-corrected chi connectivity index (χ4v) is 9.95. The van der Waals surface area contributed by atoms with Crippen molar-refractivity contribution < 1.29 is 48.3 Å². The lowest BCUT2D eigenvalue weighted by atomic mass is 9.40. The van der Waals surface area contributed by atoms with E-state index in [0.717, 1.165) is 16.7 Å². The Morgan fingerprint density at radius 1 is 1.17 bits per heavy atom. The molecule has 6 rings (SSSR count). The van der Waals surface area contributed by atoms with Crippen LogP contribution in [0.3, 0.4) is 0 Å².